The van der Waals surface area contributed by atoms with Gasteiger partial charge in [0.15, 0.2) is 5.78 Å². The molecule has 1 spiro atoms. The number of anilines is 1. The summed E-state index contributed by atoms with van der Waals surface area (Å²) in [5.41, 5.74) is 2.24. The van der Waals surface area contributed by atoms with Crippen molar-refractivity contribution in [2.75, 3.05) is 5.32 Å². The molecule has 39 heavy (non-hydrogen) atoms. The highest BCUT2D eigenvalue weighted by atomic mass is 35.5. The molecule has 1 saturated heterocycles. The molecule has 7 rings (SSSR count). The van der Waals surface area contributed by atoms with E-state index >= 15 is 0 Å². The molecule has 7 heteroatoms. The number of rotatable bonds is 4. The molecular weight excluding hydrogens is 510 g/mol. The number of hydrogen-bond acceptors (Lipinski definition) is 5. The molecule has 1 N–H and O–H groups in total. The van der Waals surface area contributed by atoms with Gasteiger partial charge in [-0.2, -0.15) is 0 Å². The minimum absolute atomic E-state index is 0.231. The molecule has 3 aliphatic heterocycles. The maximum absolute atomic E-state index is 14.7. The fraction of sp³-hybridized carbons (Fsp3) is 0.125. The number of Topliss-reactive ketones (excluding diaryl/α,β-unsaturated/α-hetero) is 2. The highest BCUT2D eigenvalue weighted by molar-refractivity contribution is 6.34. The highest BCUT2D eigenvalue weighted by Crippen LogP contribution is 2.62. The van der Waals surface area contributed by atoms with Crippen molar-refractivity contribution in [1.29, 1.82) is 0 Å². The van der Waals surface area contributed by atoms with E-state index in [1.807, 2.05) is 65.7 Å². The Kier molecular flexibility index (Phi) is 5.28. The third-order valence-corrected chi connectivity index (χ3v) is 8.51. The number of pyridine rings is 1. The standard InChI is InChI=1S/C32H22ClN3O3/c33-23-13-5-3-11-21(23)28(37)26-27(29(38)25-15-7-8-17-34-25)36-18-16-19-9-1-2-10-20(19)30(36)32(26)22-12-4-6-14-24(22)35-31(32)39/h1-18,26-27,30H,(H,35,39). The van der Waals surface area contributed by atoms with Crippen LogP contribution in [-0.2, 0) is 10.2 Å². The van der Waals surface area contributed by atoms with Gasteiger partial charge in [0.05, 0.1) is 17.0 Å². The predicted molar refractivity (Wildman–Crippen MR) is 148 cm³/mol. The number of amides is 1. The summed E-state index contributed by atoms with van der Waals surface area (Å²) in [6.07, 6.45) is 5.33. The molecule has 1 aromatic heterocycles. The highest BCUT2D eigenvalue weighted by Gasteiger charge is 2.70. The van der Waals surface area contributed by atoms with Crippen LogP contribution in [0.3, 0.4) is 0 Å². The zero-order chi connectivity index (χ0) is 26.7. The van der Waals surface area contributed by atoms with Crippen molar-refractivity contribution in [1.82, 2.24) is 9.88 Å². The van der Waals surface area contributed by atoms with Gasteiger partial charge in [-0.3, -0.25) is 19.4 Å². The quantitative estimate of drug-likeness (QED) is 0.341. The van der Waals surface area contributed by atoms with Crippen LogP contribution < -0.4 is 5.32 Å². The van der Waals surface area contributed by atoms with Crippen molar-refractivity contribution in [3.05, 3.63) is 136 Å². The summed E-state index contributed by atoms with van der Waals surface area (Å²) in [6.45, 7) is 0. The van der Waals surface area contributed by atoms with Crippen LogP contribution in [0.5, 0.6) is 0 Å². The minimum atomic E-state index is -1.40. The number of fused-ring (bicyclic) bond motifs is 6. The van der Waals surface area contributed by atoms with Crippen molar-refractivity contribution >= 4 is 40.8 Å². The molecule has 0 bridgehead atoms. The molecule has 0 aliphatic carbocycles. The van der Waals surface area contributed by atoms with E-state index in [9.17, 15) is 14.4 Å². The van der Waals surface area contributed by atoms with Crippen LogP contribution in [0.2, 0.25) is 5.02 Å². The minimum Gasteiger partial charge on any atom is -0.358 e. The Morgan fingerprint density at radius 2 is 1.62 bits per heavy atom. The second kappa shape index (κ2) is 8.75. The second-order valence-electron chi connectivity index (χ2n) is 10.0. The van der Waals surface area contributed by atoms with E-state index < -0.39 is 23.4 Å². The molecule has 4 unspecified atom stereocenters. The van der Waals surface area contributed by atoms with Gasteiger partial charge in [0, 0.05) is 23.6 Å². The van der Waals surface area contributed by atoms with E-state index in [-0.39, 0.29) is 33.8 Å². The van der Waals surface area contributed by atoms with Crippen LogP contribution in [0.4, 0.5) is 5.69 Å². The Morgan fingerprint density at radius 1 is 0.872 bits per heavy atom. The summed E-state index contributed by atoms with van der Waals surface area (Å²) < 4.78 is 0. The molecule has 4 atom stereocenters. The molecule has 3 aliphatic rings. The predicted octanol–water partition coefficient (Wildman–Crippen LogP) is 5.72. The normalized spacial score (nSPS) is 24.2. The average Bonchev–Trinajstić information content (AvgIpc) is 3.45. The first-order valence-electron chi connectivity index (χ1n) is 12.7. The molecule has 4 aromatic rings. The zero-order valence-electron chi connectivity index (χ0n) is 20.6. The smallest absolute Gasteiger partial charge is 0.238 e. The summed E-state index contributed by atoms with van der Waals surface area (Å²) in [5.74, 6) is -2.09. The molecule has 0 saturated carbocycles. The van der Waals surface area contributed by atoms with Gasteiger partial charge in [-0.15, -0.1) is 0 Å². The largest absolute Gasteiger partial charge is 0.358 e. The third kappa shape index (κ3) is 3.21. The summed E-state index contributed by atoms with van der Waals surface area (Å²) in [6, 6.07) is 25.5. The van der Waals surface area contributed by atoms with Crippen LogP contribution in [-0.4, -0.2) is 33.4 Å². The van der Waals surface area contributed by atoms with E-state index in [1.165, 1.54) is 0 Å². The summed E-state index contributed by atoms with van der Waals surface area (Å²) >= 11 is 6.56. The van der Waals surface area contributed by atoms with Crippen LogP contribution in [0.25, 0.3) is 6.08 Å². The number of hydrogen-bond donors (Lipinski definition) is 1. The van der Waals surface area contributed by atoms with Gasteiger partial charge in [0.2, 0.25) is 11.7 Å². The maximum Gasteiger partial charge on any atom is 0.238 e. The third-order valence-electron chi connectivity index (χ3n) is 8.18. The van der Waals surface area contributed by atoms with Crippen LogP contribution in [0.15, 0.2) is 103 Å². The Hall–Kier alpha value is -4.55. The number of aromatic nitrogens is 1. The van der Waals surface area contributed by atoms with E-state index in [1.54, 1.807) is 48.7 Å². The molecule has 6 nitrogen and oxygen atoms in total. The fourth-order valence-electron chi connectivity index (χ4n) is 6.66. The van der Waals surface area contributed by atoms with Crippen LogP contribution in [0, 0.1) is 5.92 Å². The first kappa shape index (κ1) is 23.6. The Morgan fingerprint density at radius 3 is 2.44 bits per heavy atom. The Labute approximate surface area is 229 Å². The van der Waals surface area contributed by atoms with Crippen LogP contribution in [0.1, 0.15) is 43.6 Å². The van der Waals surface area contributed by atoms with E-state index in [0.717, 1.165) is 11.1 Å². The lowest BCUT2D eigenvalue weighted by Crippen LogP contribution is -2.49. The van der Waals surface area contributed by atoms with Gasteiger partial charge in [0.1, 0.15) is 17.2 Å². The number of nitrogens with one attached hydrogen (secondary N) is 1. The molecule has 1 fully saturated rings. The number of nitrogens with zero attached hydrogens (tertiary/aromatic N) is 2. The van der Waals surface area contributed by atoms with E-state index in [2.05, 4.69) is 10.3 Å². The first-order chi connectivity index (χ1) is 19.0. The number of carbonyl (C=O) groups is 3. The maximum atomic E-state index is 14.7. The van der Waals surface area contributed by atoms with Gasteiger partial charge in [0.25, 0.3) is 0 Å². The molecule has 1 amide bonds. The Bertz CT molecular complexity index is 1700. The number of ketones is 2. The van der Waals surface area contributed by atoms with Gasteiger partial charge >= 0.3 is 0 Å². The summed E-state index contributed by atoms with van der Waals surface area (Å²) in [5, 5.41) is 3.31. The molecular formula is C32H22ClN3O3. The molecule has 0 radical (unpaired) electrons. The average molecular weight is 532 g/mol. The monoisotopic (exact) mass is 531 g/mol. The molecule has 3 aromatic carbocycles. The van der Waals surface area contributed by atoms with Crippen molar-refractivity contribution in [3.63, 3.8) is 0 Å². The lowest BCUT2D eigenvalue weighted by atomic mass is 9.62. The second-order valence-corrected chi connectivity index (χ2v) is 10.4. The van der Waals surface area contributed by atoms with Crippen molar-refractivity contribution in [2.24, 2.45) is 5.92 Å². The fourth-order valence-corrected chi connectivity index (χ4v) is 6.89. The number of halogens is 1. The molecule has 190 valence electrons. The lowest BCUT2D eigenvalue weighted by molar-refractivity contribution is -0.122. The van der Waals surface area contributed by atoms with Crippen molar-refractivity contribution in [2.45, 2.75) is 17.5 Å². The lowest BCUT2D eigenvalue weighted by Gasteiger charge is -2.38. The summed E-state index contributed by atoms with van der Waals surface area (Å²) in [4.78, 5) is 49.6. The van der Waals surface area contributed by atoms with Crippen molar-refractivity contribution in [3.8, 4) is 0 Å². The van der Waals surface area contributed by atoms with E-state index in [4.69, 9.17) is 11.6 Å². The zero-order valence-corrected chi connectivity index (χ0v) is 21.4. The number of benzene rings is 3. The molecule has 4 heterocycles. The van der Waals surface area contributed by atoms with Crippen molar-refractivity contribution < 1.29 is 14.4 Å². The van der Waals surface area contributed by atoms with Gasteiger partial charge in [-0.25, -0.2) is 0 Å². The summed E-state index contributed by atoms with van der Waals surface area (Å²) in [7, 11) is 0. The number of para-hydroxylation sites is 1. The van der Waals surface area contributed by atoms with Gasteiger partial charge in [-0.05, 0) is 53.1 Å². The van der Waals surface area contributed by atoms with Gasteiger partial charge in [-0.1, -0.05) is 72.3 Å². The Balaban J connectivity index is 1.56. The SMILES string of the molecule is O=C(c1ccccn1)C1C(C(=O)c2ccccc2Cl)C2(C(=O)Nc3ccccc32)C2c3ccccc3C=CN12. The number of carbonyl (C=O) groups excluding carboxylic acids is 3. The van der Waals surface area contributed by atoms with Gasteiger partial charge < -0.3 is 10.2 Å². The topological polar surface area (TPSA) is 79.4 Å². The first-order valence-corrected chi connectivity index (χ1v) is 13.1. The van der Waals surface area contributed by atoms with E-state index in [0.29, 0.717) is 11.3 Å². The van der Waals surface area contributed by atoms with Crippen LogP contribution >= 0.6 is 11.6 Å².